The van der Waals surface area contributed by atoms with Crippen LogP contribution in [-0.2, 0) is 17.3 Å². The number of aliphatic imine (C=N–C) groups is 1. The van der Waals surface area contributed by atoms with E-state index in [1.165, 1.54) is 0 Å². The number of hydrogen-bond donors (Lipinski definition) is 2. The molecule has 2 N–H and O–H groups in total. The number of nitrogens with zero attached hydrogens (tertiary/aromatic N) is 1. The second-order valence-corrected chi connectivity index (χ2v) is 9.63. The van der Waals surface area contributed by atoms with Gasteiger partial charge in [0.15, 0.2) is 17.5 Å². The maximum Gasteiger partial charge on any atom is 0.191 e. The minimum atomic E-state index is -0.724. The summed E-state index contributed by atoms with van der Waals surface area (Å²) in [7, 11) is 2.69. The van der Waals surface area contributed by atoms with Crippen LogP contribution < -0.4 is 20.1 Å². The molecule has 0 spiro atoms. The lowest BCUT2D eigenvalue weighted by molar-refractivity contribution is 0.379. The molecule has 0 bridgehead atoms. The van der Waals surface area contributed by atoms with Crippen LogP contribution in [0.1, 0.15) is 38.2 Å². The van der Waals surface area contributed by atoms with E-state index in [1.807, 2.05) is 55.5 Å². The van der Waals surface area contributed by atoms with Crippen molar-refractivity contribution < 1.29 is 13.7 Å². The number of nitrogens with one attached hydrogen (secondary N) is 2. The molecule has 31 heavy (non-hydrogen) atoms. The Bertz CT molecular complexity index is 886. The Hall–Kier alpha value is -2.54. The summed E-state index contributed by atoms with van der Waals surface area (Å²) >= 11 is 0. The minimum absolute atomic E-state index is 0.296. The number of benzene rings is 2. The molecular formula is C24H33N3O3S. The highest BCUT2D eigenvalue weighted by Gasteiger charge is 2.26. The molecule has 7 heteroatoms. The van der Waals surface area contributed by atoms with E-state index in [0.29, 0.717) is 29.3 Å². The van der Waals surface area contributed by atoms with E-state index in [9.17, 15) is 4.21 Å². The quantitative estimate of drug-likeness (QED) is 0.472. The van der Waals surface area contributed by atoms with Gasteiger partial charge in [-0.1, -0.05) is 37.6 Å². The van der Waals surface area contributed by atoms with E-state index in [2.05, 4.69) is 15.6 Å². The van der Waals surface area contributed by atoms with Crippen molar-refractivity contribution in [1.82, 2.24) is 10.6 Å². The third-order valence-electron chi connectivity index (χ3n) is 5.53. The number of rotatable bonds is 8. The maximum atomic E-state index is 12.2. The van der Waals surface area contributed by atoms with Crippen molar-refractivity contribution in [2.75, 3.05) is 19.9 Å². The summed E-state index contributed by atoms with van der Waals surface area (Å²) in [5.74, 6) is 3.67. The van der Waals surface area contributed by atoms with Crippen LogP contribution in [0, 0.1) is 0 Å². The van der Waals surface area contributed by atoms with Crippen molar-refractivity contribution in [3.8, 4) is 17.2 Å². The average molecular weight is 444 g/mol. The zero-order valence-corrected chi connectivity index (χ0v) is 19.4. The van der Waals surface area contributed by atoms with Crippen LogP contribution in [0.2, 0.25) is 0 Å². The lowest BCUT2D eigenvalue weighted by Crippen LogP contribution is -2.46. The molecule has 0 saturated heterocycles. The van der Waals surface area contributed by atoms with Crippen LogP contribution in [0.15, 0.2) is 53.5 Å². The summed E-state index contributed by atoms with van der Waals surface area (Å²) in [4.78, 5) is 4.36. The van der Waals surface area contributed by atoms with E-state index in [0.717, 1.165) is 48.7 Å². The number of ether oxygens (including phenoxy) is 2. The molecule has 2 aromatic carbocycles. The summed E-state index contributed by atoms with van der Waals surface area (Å²) in [6, 6.07) is 15.9. The molecule has 6 nitrogen and oxygen atoms in total. The van der Waals surface area contributed by atoms with Gasteiger partial charge in [0.25, 0.3) is 0 Å². The van der Waals surface area contributed by atoms with Crippen LogP contribution in [-0.4, -0.2) is 41.4 Å². The molecule has 0 amide bonds. The van der Waals surface area contributed by atoms with Crippen LogP contribution in [0.5, 0.6) is 17.2 Å². The first-order valence-corrected chi connectivity index (χ1v) is 12.2. The maximum absolute atomic E-state index is 12.2. The fourth-order valence-corrected chi connectivity index (χ4v) is 5.18. The van der Waals surface area contributed by atoms with Crippen molar-refractivity contribution in [3.05, 3.63) is 54.1 Å². The van der Waals surface area contributed by atoms with E-state index in [1.54, 1.807) is 14.2 Å². The van der Waals surface area contributed by atoms with Crippen molar-refractivity contribution in [2.45, 2.75) is 50.4 Å². The number of hydrogen-bond acceptors (Lipinski definition) is 4. The fraction of sp³-hybridized carbons (Fsp3) is 0.458. The van der Waals surface area contributed by atoms with Gasteiger partial charge < -0.3 is 20.1 Å². The average Bonchev–Trinajstić information content (AvgIpc) is 2.82. The summed E-state index contributed by atoms with van der Waals surface area (Å²) in [5, 5.41) is 7.18. The number of guanidine groups is 1. The van der Waals surface area contributed by atoms with Gasteiger partial charge in [0.1, 0.15) is 5.75 Å². The lowest BCUT2D eigenvalue weighted by atomic mass is 9.95. The molecule has 0 aromatic heterocycles. The van der Waals surface area contributed by atoms with Gasteiger partial charge in [0, 0.05) is 41.4 Å². The number of para-hydroxylation sites is 2. The van der Waals surface area contributed by atoms with E-state index in [-0.39, 0.29) is 0 Å². The molecule has 3 atom stereocenters. The van der Waals surface area contributed by atoms with Crippen molar-refractivity contribution in [1.29, 1.82) is 0 Å². The minimum Gasteiger partial charge on any atom is -0.493 e. The van der Waals surface area contributed by atoms with Gasteiger partial charge in [0.2, 0.25) is 0 Å². The Morgan fingerprint density at radius 3 is 2.55 bits per heavy atom. The van der Waals surface area contributed by atoms with Crippen molar-refractivity contribution in [3.63, 3.8) is 0 Å². The monoisotopic (exact) mass is 443 g/mol. The molecule has 1 aliphatic carbocycles. The van der Waals surface area contributed by atoms with Gasteiger partial charge >= 0.3 is 0 Å². The van der Waals surface area contributed by atoms with Crippen LogP contribution in [0.3, 0.4) is 0 Å². The molecule has 1 saturated carbocycles. The second kappa shape index (κ2) is 11.7. The van der Waals surface area contributed by atoms with Gasteiger partial charge in [-0.25, -0.2) is 0 Å². The molecule has 2 aromatic rings. The predicted octanol–water partition coefficient (Wildman–Crippen LogP) is 4.23. The molecule has 0 radical (unpaired) electrons. The summed E-state index contributed by atoms with van der Waals surface area (Å²) in [6.45, 7) is 2.66. The Kier molecular flexibility index (Phi) is 8.76. The van der Waals surface area contributed by atoms with Gasteiger partial charge in [0.05, 0.1) is 7.11 Å². The topological polar surface area (TPSA) is 72.0 Å². The summed E-state index contributed by atoms with van der Waals surface area (Å²) in [5.41, 5.74) is 1.13. The third kappa shape index (κ3) is 6.72. The van der Waals surface area contributed by atoms with Gasteiger partial charge in [-0.15, -0.1) is 0 Å². The molecule has 1 aliphatic rings. The Balaban J connectivity index is 1.51. The van der Waals surface area contributed by atoms with E-state index in [4.69, 9.17) is 9.47 Å². The number of methoxy groups -OCH3 is 1. The van der Waals surface area contributed by atoms with E-state index >= 15 is 0 Å². The van der Waals surface area contributed by atoms with Gasteiger partial charge in [-0.3, -0.25) is 9.20 Å². The Labute approximate surface area is 187 Å². The van der Waals surface area contributed by atoms with Crippen molar-refractivity contribution >= 4 is 16.8 Å². The molecule has 168 valence electrons. The first kappa shape index (κ1) is 23.1. The zero-order valence-electron chi connectivity index (χ0n) is 18.6. The first-order valence-electron chi connectivity index (χ1n) is 10.9. The van der Waals surface area contributed by atoms with Crippen molar-refractivity contribution in [2.24, 2.45) is 4.99 Å². The molecule has 3 unspecified atom stereocenters. The fourth-order valence-electron chi connectivity index (χ4n) is 3.83. The van der Waals surface area contributed by atoms with Gasteiger partial charge in [-0.2, -0.15) is 0 Å². The third-order valence-corrected chi connectivity index (χ3v) is 7.27. The van der Waals surface area contributed by atoms with Crippen LogP contribution >= 0.6 is 0 Å². The lowest BCUT2D eigenvalue weighted by Gasteiger charge is -2.30. The zero-order chi connectivity index (χ0) is 22.1. The summed E-state index contributed by atoms with van der Waals surface area (Å²) in [6.07, 6.45) is 4.20. The first-order chi connectivity index (χ1) is 15.1. The molecular weight excluding hydrogens is 410 g/mol. The Morgan fingerprint density at radius 1 is 1.13 bits per heavy atom. The van der Waals surface area contributed by atoms with E-state index < -0.39 is 10.8 Å². The largest absolute Gasteiger partial charge is 0.493 e. The Morgan fingerprint density at radius 2 is 1.87 bits per heavy atom. The molecule has 0 heterocycles. The predicted molar refractivity (Wildman–Crippen MR) is 128 cm³/mol. The smallest absolute Gasteiger partial charge is 0.191 e. The second-order valence-electron chi connectivity index (χ2n) is 7.62. The molecule has 1 fully saturated rings. The highest BCUT2D eigenvalue weighted by Crippen LogP contribution is 2.30. The summed E-state index contributed by atoms with van der Waals surface area (Å²) < 4.78 is 23.4. The molecule has 0 aliphatic heterocycles. The van der Waals surface area contributed by atoms with Gasteiger partial charge in [-0.05, 0) is 49.1 Å². The standard InChI is InChI=1S/C24H33N3O3S/c1-4-31(28)21-9-7-8-19(16-21)27-24(25-2)26-17-18-12-14-20(15-13-18)30-23-11-6-5-10-22(23)29-3/h5-6,10-15,19,21H,4,7-9,16-17H2,1-3H3,(H2,25,26,27). The highest BCUT2D eigenvalue weighted by molar-refractivity contribution is 7.85. The molecule has 3 rings (SSSR count). The SMILES string of the molecule is CCS(=O)C1CCCC(NC(=NC)NCc2ccc(Oc3ccccc3OC)cc2)C1. The highest BCUT2D eigenvalue weighted by atomic mass is 32.2. The normalized spacial score (nSPS) is 20.0. The van der Waals surface area contributed by atoms with Crippen LogP contribution in [0.4, 0.5) is 0 Å². The van der Waals surface area contributed by atoms with Crippen LogP contribution in [0.25, 0.3) is 0 Å².